The summed E-state index contributed by atoms with van der Waals surface area (Å²) in [4.78, 5) is 25.8. The minimum absolute atomic E-state index is 0.00341. The van der Waals surface area contributed by atoms with Crippen LogP contribution in [0, 0.1) is 50.2 Å². The zero-order valence-electron chi connectivity index (χ0n) is 28.4. The third kappa shape index (κ3) is 4.83. The summed E-state index contributed by atoms with van der Waals surface area (Å²) in [5, 5.41) is 10.6. The van der Waals surface area contributed by atoms with Crippen molar-refractivity contribution in [1.29, 1.82) is 0 Å². The number of hydrogen-bond acceptors (Lipinski definition) is 3. The third-order valence-corrected chi connectivity index (χ3v) is 14.8. The number of carboxylic acids is 1. The summed E-state index contributed by atoms with van der Waals surface area (Å²) in [6.45, 7) is 19.4. The van der Waals surface area contributed by atoms with Crippen LogP contribution in [0.1, 0.15) is 158 Å². The van der Waals surface area contributed by atoms with Gasteiger partial charge in [0, 0.05) is 11.8 Å². The van der Waals surface area contributed by atoms with Crippen LogP contribution in [0.3, 0.4) is 0 Å². The second-order valence-electron chi connectivity index (χ2n) is 17.7. The molecule has 4 heteroatoms. The van der Waals surface area contributed by atoms with E-state index in [9.17, 15) is 14.7 Å². The van der Waals surface area contributed by atoms with Crippen molar-refractivity contribution in [1.82, 2.24) is 0 Å². The quantitative estimate of drug-likeness (QED) is 0.176. The molecule has 5 aliphatic rings. The molecule has 238 valence electrons. The SMILES string of the molecule is CCCCCCCC(=O)O[C@H]1CC[C@]2(C)[C@H]3CC=C4[C@@H]5CC(C)(C)CC[C@]5(C(=O)O)CC[C@@]4(C)[C@]3(C)CC[C@H]2C1(C)C. The predicted molar refractivity (Wildman–Crippen MR) is 170 cm³/mol. The van der Waals surface area contributed by atoms with Gasteiger partial charge in [0.2, 0.25) is 0 Å². The molecule has 4 saturated carbocycles. The molecule has 0 aliphatic heterocycles. The maximum Gasteiger partial charge on any atom is 0.310 e. The molecule has 0 amide bonds. The first-order valence-electron chi connectivity index (χ1n) is 17.7. The summed E-state index contributed by atoms with van der Waals surface area (Å²) in [7, 11) is 0. The lowest BCUT2D eigenvalue weighted by molar-refractivity contribution is -0.214. The van der Waals surface area contributed by atoms with Crippen molar-refractivity contribution in [2.24, 2.45) is 50.2 Å². The molecule has 0 radical (unpaired) electrons. The van der Waals surface area contributed by atoms with Gasteiger partial charge in [-0.05, 0) is 110 Å². The van der Waals surface area contributed by atoms with Gasteiger partial charge in [-0.2, -0.15) is 0 Å². The number of unbranched alkanes of at least 4 members (excludes halogenated alkanes) is 4. The maximum atomic E-state index is 12.9. The van der Waals surface area contributed by atoms with Crippen molar-refractivity contribution in [2.75, 3.05) is 0 Å². The number of carboxylic acid groups (broad SMARTS) is 1. The van der Waals surface area contributed by atoms with Gasteiger partial charge in [0.05, 0.1) is 5.41 Å². The topological polar surface area (TPSA) is 63.6 Å². The van der Waals surface area contributed by atoms with Crippen LogP contribution in [-0.2, 0) is 14.3 Å². The molecular formula is C38H62O4. The number of ether oxygens (including phenoxy) is 1. The van der Waals surface area contributed by atoms with Gasteiger partial charge >= 0.3 is 11.9 Å². The van der Waals surface area contributed by atoms with Crippen LogP contribution in [0.5, 0.6) is 0 Å². The molecule has 5 rings (SSSR count). The highest BCUT2D eigenvalue weighted by molar-refractivity contribution is 5.76. The van der Waals surface area contributed by atoms with E-state index in [1.165, 1.54) is 37.7 Å². The summed E-state index contributed by atoms with van der Waals surface area (Å²) in [5.41, 5.74) is 1.47. The van der Waals surface area contributed by atoms with Crippen LogP contribution in [0.15, 0.2) is 11.6 Å². The Balaban J connectivity index is 1.38. The highest BCUT2D eigenvalue weighted by Crippen LogP contribution is 2.75. The average Bonchev–Trinajstić information content (AvgIpc) is 2.90. The molecule has 0 aromatic heterocycles. The molecule has 4 nitrogen and oxygen atoms in total. The molecule has 0 unspecified atom stereocenters. The van der Waals surface area contributed by atoms with Crippen LogP contribution in [0.25, 0.3) is 0 Å². The molecule has 8 atom stereocenters. The van der Waals surface area contributed by atoms with E-state index in [2.05, 4.69) is 61.5 Å². The first-order chi connectivity index (χ1) is 19.6. The zero-order chi connectivity index (χ0) is 30.8. The van der Waals surface area contributed by atoms with E-state index in [0.29, 0.717) is 18.3 Å². The predicted octanol–water partition coefficient (Wildman–Crippen LogP) is 10.1. The standard InChI is InChI=1S/C38H62O4/c1-9-10-11-12-13-14-31(39)42-30-18-19-35(6)28(34(30,4)5)17-20-37(8)29(35)16-15-26-27-25-33(2,3)21-23-38(27,32(40)41)24-22-36(26,37)7/h15,27-30H,9-14,16-25H2,1-8H3,(H,40,41)/t27-,28-,29+,30-,35-,36+,37+,38-/m0/s1. The van der Waals surface area contributed by atoms with Crippen molar-refractivity contribution in [3.63, 3.8) is 0 Å². The lowest BCUT2D eigenvalue weighted by Crippen LogP contribution is -2.65. The van der Waals surface area contributed by atoms with Gasteiger partial charge in [0.15, 0.2) is 0 Å². The molecule has 0 heterocycles. The van der Waals surface area contributed by atoms with Crippen LogP contribution in [0.4, 0.5) is 0 Å². The van der Waals surface area contributed by atoms with E-state index in [4.69, 9.17) is 4.74 Å². The fourth-order valence-corrected chi connectivity index (χ4v) is 11.9. The first-order valence-corrected chi connectivity index (χ1v) is 17.7. The highest BCUT2D eigenvalue weighted by atomic mass is 16.5. The van der Waals surface area contributed by atoms with Gasteiger partial charge in [-0.15, -0.1) is 0 Å². The molecule has 5 aliphatic carbocycles. The van der Waals surface area contributed by atoms with E-state index in [1.807, 2.05) is 0 Å². The highest BCUT2D eigenvalue weighted by Gasteiger charge is 2.69. The minimum atomic E-state index is -0.578. The van der Waals surface area contributed by atoms with Crippen LogP contribution in [0.2, 0.25) is 0 Å². The van der Waals surface area contributed by atoms with Crippen molar-refractivity contribution < 1.29 is 19.4 Å². The zero-order valence-corrected chi connectivity index (χ0v) is 28.4. The summed E-state index contributed by atoms with van der Waals surface area (Å²) < 4.78 is 6.28. The molecular weight excluding hydrogens is 520 g/mol. The van der Waals surface area contributed by atoms with E-state index in [0.717, 1.165) is 64.2 Å². The Labute approximate surface area is 257 Å². The van der Waals surface area contributed by atoms with Gasteiger partial charge in [-0.3, -0.25) is 9.59 Å². The summed E-state index contributed by atoms with van der Waals surface area (Å²) in [5.74, 6) is 0.707. The number of esters is 1. The van der Waals surface area contributed by atoms with Gasteiger partial charge in [-0.1, -0.05) is 92.7 Å². The van der Waals surface area contributed by atoms with E-state index >= 15 is 0 Å². The molecule has 0 bridgehead atoms. The van der Waals surface area contributed by atoms with Crippen LogP contribution in [-0.4, -0.2) is 23.1 Å². The number of hydrogen-bond donors (Lipinski definition) is 1. The third-order valence-electron chi connectivity index (χ3n) is 14.8. The van der Waals surface area contributed by atoms with Gasteiger partial charge in [-0.25, -0.2) is 0 Å². The van der Waals surface area contributed by atoms with Crippen molar-refractivity contribution in [3.05, 3.63) is 11.6 Å². The second kappa shape index (κ2) is 10.9. The summed E-state index contributed by atoms with van der Waals surface area (Å²) >= 11 is 0. The number of rotatable bonds is 8. The lowest BCUT2D eigenvalue weighted by atomic mass is 9.33. The Kier molecular flexibility index (Phi) is 8.35. The molecule has 1 N–H and O–H groups in total. The molecule has 0 spiro atoms. The minimum Gasteiger partial charge on any atom is -0.481 e. The Morgan fingerprint density at radius 1 is 0.857 bits per heavy atom. The van der Waals surface area contributed by atoms with Crippen LogP contribution < -0.4 is 0 Å². The fourth-order valence-electron chi connectivity index (χ4n) is 11.9. The van der Waals surface area contributed by atoms with Gasteiger partial charge in [0.25, 0.3) is 0 Å². The fraction of sp³-hybridized carbons (Fsp3) is 0.895. The molecule has 0 aromatic rings. The van der Waals surface area contributed by atoms with Crippen LogP contribution >= 0.6 is 0 Å². The summed E-state index contributed by atoms with van der Waals surface area (Å²) in [6.07, 6.45) is 19.0. The lowest BCUT2D eigenvalue weighted by Gasteiger charge is -2.71. The van der Waals surface area contributed by atoms with Crippen molar-refractivity contribution in [3.8, 4) is 0 Å². The van der Waals surface area contributed by atoms with E-state index in [1.54, 1.807) is 0 Å². The number of carbonyl (C=O) groups is 2. The molecule has 0 saturated heterocycles. The van der Waals surface area contributed by atoms with Gasteiger partial charge < -0.3 is 9.84 Å². The Hall–Kier alpha value is -1.32. The molecule has 0 aromatic carbocycles. The van der Waals surface area contributed by atoms with Crippen molar-refractivity contribution >= 4 is 11.9 Å². The van der Waals surface area contributed by atoms with Crippen molar-refractivity contribution in [2.45, 2.75) is 164 Å². The summed E-state index contributed by atoms with van der Waals surface area (Å²) in [6, 6.07) is 0. The molecule has 42 heavy (non-hydrogen) atoms. The smallest absolute Gasteiger partial charge is 0.310 e. The number of aliphatic carboxylic acids is 1. The number of carbonyl (C=O) groups excluding carboxylic acids is 1. The second-order valence-corrected chi connectivity index (χ2v) is 17.7. The Morgan fingerprint density at radius 2 is 1.55 bits per heavy atom. The number of fused-ring (bicyclic) bond motifs is 7. The largest absolute Gasteiger partial charge is 0.481 e. The van der Waals surface area contributed by atoms with E-state index < -0.39 is 11.4 Å². The average molecular weight is 583 g/mol. The molecule has 4 fully saturated rings. The van der Waals surface area contributed by atoms with Gasteiger partial charge in [0.1, 0.15) is 6.10 Å². The maximum absolute atomic E-state index is 12.9. The normalized spacial score (nSPS) is 43.6. The first kappa shape index (κ1) is 32.1. The van der Waals surface area contributed by atoms with E-state index in [-0.39, 0.29) is 45.1 Å². The number of allylic oxidation sites excluding steroid dienone is 2. The Morgan fingerprint density at radius 3 is 2.24 bits per heavy atom. The monoisotopic (exact) mass is 582 g/mol. The Bertz CT molecular complexity index is 1090.